The lowest BCUT2D eigenvalue weighted by atomic mass is 10.0. The van der Waals surface area contributed by atoms with Crippen LogP contribution in [0.4, 0.5) is 0 Å². The smallest absolute Gasteiger partial charge is 0.251 e. The first-order valence-corrected chi connectivity index (χ1v) is 6.15. The highest BCUT2D eigenvalue weighted by Gasteiger charge is 2.05. The molecular weight excluding hydrogens is 210 g/mol. The van der Waals surface area contributed by atoms with Gasteiger partial charge in [0.2, 0.25) is 0 Å². The van der Waals surface area contributed by atoms with Gasteiger partial charge in [0.25, 0.3) is 5.56 Å². The molecule has 2 heteroatoms. The molecule has 2 aromatic rings. The second kappa shape index (κ2) is 4.36. The fourth-order valence-corrected chi connectivity index (χ4v) is 2.02. The van der Waals surface area contributed by atoms with Crippen LogP contribution in [0.1, 0.15) is 45.2 Å². The Morgan fingerprint density at radius 1 is 1.00 bits per heavy atom. The average molecular weight is 229 g/mol. The summed E-state index contributed by atoms with van der Waals surface area (Å²) in [6.07, 6.45) is 1.97. The van der Waals surface area contributed by atoms with E-state index < -0.39 is 0 Å². The van der Waals surface area contributed by atoms with Gasteiger partial charge in [0.15, 0.2) is 0 Å². The van der Waals surface area contributed by atoms with Crippen molar-refractivity contribution in [2.45, 2.75) is 39.7 Å². The monoisotopic (exact) mass is 229 g/mol. The van der Waals surface area contributed by atoms with Crippen LogP contribution in [-0.2, 0) is 0 Å². The molecule has 0 fully saturated rings. The maximum Gasteiger partial charge on any atom is 0.251 e. The summed E-state index contributed by atoms with van der Waals surface area (Å²) < 4.78 is 1.78. The molecule has 0 unspecified atom stereocenters. The Morgan fingerprint density at radius 2 is 1.71 bits per heavy atom. The molecule has 90 valence electrons. The molecule has 0 spiro atoms. The van der Waals surface area contributed by atoms with Crippen LogP contribution in [0, 0.1) is 0 Å². The van der Waals surface area contributed by atoms with E-state index in [2.05, 4.69) is 26.0 Å². The second-order valence-corrected chi connectivity index (χ2v) is 5.16. The largest absolute Gasteiger partial charge is 0.312 e. The van der Waals surface area contributed by atoms with Crippen LogP contribution in [0.2, 0.25) is 0 Å². The quantitative estimate of drug-likeness (QED) is 0.769. The molecule has 0 radical (unpaired) electrons. The van der Waals surface area contributed by atoms with E-state index in [1.165, 1.54) is 5.56 Å². The number of pyridine rings is 1. The van der Waals surface area contributed by atoms with E-state index in [1.807, 2.05) is 26.1 Å². The van der Waals surface area contributed by atoms with Crippen molar-refractivity contribution < 1.29 is 0 Å². The summed E-state index contributed by atoms with van der Waals surface area (Å²) in [5.74, 6) is 0.513. The summed E-state index contributed by atoms with van der Waals surface area (Å²) in [4.78, 5) is 11.9. The van der Waals surface area contributed by atoms with Gasteiger partial charge in [-0.3, -0.25) is 4.79 Å². The van der Waals surface area contributed by atoms with Gasteiger partial charge in [-0.15, -0.1) is 0 Å². The predicted molar refractivity (Wildman–Crippen MR) is 72.7 cm³/mol. The zero-order valence-electron chi connectivity index (χ0n) is 10.9. The zero-order valence-corrected chi connectivity index (χ0v) is 10.9. The van der Waals surface area contributed by atoms with Crippen LogP contribution in [0.3, 0.4) is 0 Å². The Hall–Kier alpha value is -1.57. The first-order valence-electron chi connectivity index (χ1n) is 6.15. The third-order valence-corrected chi connectivity index (χ3v) is 3.15. The molecule has 0 aliphatic rings. The number of hydrogen-bond acceptors (Lipinski definition) is 1. The molecule has 0 N–H and O–H groups in total. The van der Waals surface area contributed by atoms with Crippen LogP contribution < -0.4 is 5.56 Å². The van der Waals surface area contributed by atoms with Crippen molar-refractivity contribution >= 4 is 10.8 Å². The van der Waals surface area contributed by atoms with Crippen LogP contribution in [-0.4, -0.2) is 4.57 Å². The van der Waals surface area contributed by atoms with Gasteiger partial charge in [0, 0.05) is 18.3 Å². The van der Waals surface area contributed by atoms with Crippen LogP contribution in [0.25, 0.3) is 10.8 Å². The van der Waals surface area contributed by atoms with Gasteiger partial charge >= 0.3 is 0 Å². The van der Waals surface area contributed by atoms with Gasteiger partial charge in [0.05, 0.1) is 0 Å². The van der Waals surface area contributed by atoms with Gasteiger partial charge in [0.1, 0.15) is 0 Å². The van der Waals surface area contributed by atoms with Crippen molar-refractivity contribution in [2.24, 2.45) is 0 Å². The second-order valence-electron chi connectivity index (χ2n) is 5.16. The molecular formula is C15H19NO. The van der Waals surface area contributed by atoms with Gasteiger partial charge < -0.3 is 4.57 Å². The molecule has 1 aromatic heterocycles. The fraction of sp³-hybridized carbons (Fsp3) is 0.400. The van der Waals surface area contributed by atoms with E-state index in [1.54, 1.807) is 10.6 Å². The Balaban J connectivity index is 2.68. The minimum absolute atomic E-state index is 0.0739. The maximum absolute atomic E-state index is 11.9. The third kappa shape index (κ3) is 2.26. The van der Waals surface area contributed by atoms with Crippen molar-refractivity contribution in [3.8, 4) is 0 Å². The lowest BCUT2D eigenvalue weighted by Crippen LogP contribution is -2.20. The fourth-order valence-electron chi connectivity index (χ4n) is 2.02. The summed E-state index contributed by atoms with van der Waals surface area (Å²) in [5, 5.41) is 2.17. The number of fused-ring (bicyclic) bond motifs is 1. The highest BCUT2D eigenvalue weighted by Crippen LogP contribution is 2.20. The van der Waals surface area contributed by atoms with E-state index in [0.29, 0.717) is 5.92 Å². The first kappa shape index (κ1) is 11.9. The molecule has 2 nitrogen and oxygen atoms in total. The Morgan fingerprint density at radius 3 is 2.29 bits per heavy atom. The summed E-state index contributed by atoms with van der Waals surface area (Å²) in [6.45, 7) is 8.42. The molecule has 0 bridgehead atoms. The van der Waals surface area contributed by atoms with Gasteiger partial charge in [-0.2, -0.15) is 0 Å². The maximum atomic E-state index is 11.9. The highest BCUT2D eigenvalue weighted by molar-refractivity contribution is 5.82. The highest BCUT2D eigenvalue weighted by atomic mass is 16.1. The summed E-state index contributed by atoms with van der Waals surface area (Å²) in [7, 11) is 0. The molecule has 2 rings (SSSR count). The lowest BCUT2D eigenvalue weighted by molar-refractivity contribution is 0.582. The molecule has 0 amide bonds. The van der Waals surface area contributed by atoms with E-state index in [9.17, 15) is 4.79 Å². The van der Waals surface area contributed by atoms with E-state index >= 15 is 0 Å². The summed E-state index contributed by atoms with van der Waals surface area (Å²) >= 11 is 0. The first-order chi connectivity index (χ1) is 7.99. The molecule has 0 aliphatic heterocycles. The lowest BCUT2D eigenvalue weighted by Gasteiger charge is -2.12. The van der Waals surface area contributed by atoms with E-state index in [-0.39, 0.29) is 11.6 Å². The van der Waals surface area contributed by atoms with Crippen molar-refractivity contribution in [3.63, 3.8) is 0 Å². The number of nitrogens with zero attached hydrogens (tertiary/aromatic N) is 1. The van der Waals surface area contributed by atoms with Crippen molar-refractivity contribution in [3.05, 3.63) is 46.4 Å². The number of benzene rings is 1. The molecule has 0 saturated heterocycles. The van der Waals surface area contributed by atoms with Gasteiger partial charge in [-0.05, 0) is 42.2 Å². The SMILES string of the molecule is CC(C)c1ccc2cc(=O)n(C(C)C)cc2c1. The average Bonchev–Trinajstić information content (AvgIpc) is 2.27. The van der Waals surface area contributed by atoms with Crippen LogP contribution in [0.5, 0.6) is 0 Å². The minimum Gasteiger partial charge on any atom is -0.312 e. The normalized spacial score (nSPS) is 11.6. The van der Waals surface area contributed by atoms with Crippen LogP contribution >= 0.6 is 0 Å². The summed E-state index contributed by atoms with van der Waals surface area (Å²) in [6, 6.07) is 8.25. The van der Waals surface area contributed by atoms with Crippen LogP contribution in [0.15, 0.2) is 35.3 Å². The molecule has 0 aliphatic carbocycles. The summed E-state index contributed by atoms with van der Waals surface area (Å²) in [5.41, 5.74) is 1.39. The van der Waals surface area contributed by atoms with Crippen molar-refractivity contribution in [2.75, 3.05) is 0 Å². The Labute approximate surface area is 102 Å². The molecule has 1 heterocycles. The number of hydrogen-bond donors (Lipinski definition) is 0. The third-order valence-electron chi connectivity index (χ3n) is 3.15. The predicted octanol–water partition coefficient (Wildman–Crippen LogP) is 3.71. The van der Waals surface area contributed by atoms with E-state index in [0.717, 1.165) is 10.8 Å². The molecule has 0 saturated carbocycles. The van der Waals surface area contributed by atoms with E-state index in [4.69, 9.17) is 0 Å². The topological polar surface area (TPSA) is 22.0 Å². The van der Waals surface area contributed by atoms with Crippen molar-refractivity contribution in [1.29, 1.82) is 0 Å². The minimum atomic E-state index is 0.0739. The molecule has 1 aromatic carbocycles. The number of aromatic nitrogens is 1. The van der Waals surface area contributed by atoms with Gasteiger partial charge in [-0.1, -0.05) is 26.0 Å². The van der Waals surface area contributed by atoms with Crippen molar-refractivity contribution in [1.82, 2.24) is 4.57 Å². The standard InChI is InChI=1S/C15H19NO/c1-10(2)12-5-6-13-8-15(17)16(11(3)4)9-14(13)7-12/h5-11H,1-4H3. The molecule has 17 heavy (non-hydrogen) atoms. The Bertz CT molecular complexity index is 593. The molecule has 0 atom stereocenters. The zero-order chi connectivity index (χ0) is 12.6. The van der Waals surface area contributed by atoms with Gasteiger partial charge in [-0.25, -0.2) is 0 Å². The Kier molecular flexibility index (Phi) is 3.05. The number of rotatable bonds is 2.